The van der Waals surface area contributed by atoms with E-state index in [9.17, 15) is 0 Å². The highest BCUT2D eigenvalue weighted by atomic mass is 16.6. The minimum absolute atomic E-state index is 0.560. The Balaban J connectivity index is 1.46. The maximum absolute atomic E-state index is 5.52. The summed E-state index contributed by atoms with van der Waals surface area (Å²) in [6.07, 6.45) is 7.54. The highest BCUT2D eigenvalue weighted by Crippen LogP contribution is 2.34. The normalized spacial score (nSPS) is 33.5. The van der Waals surface area contributed by atoms with Gasteiger partial charge in [0.15, 0.2) is 0 Å². The van der Waals surface area contributed by atoms with Crippen LogP contribution in [0, 0.1) is 11.8 Å². The Kier molecular flexibility index (Phi) is 4.45. The van der Waals surface area contributed by atoms with Crippen LogP contribution in [0.25, 0.3) is 0 Å². The van der Waals surface area contributed by atoms with Crippen LogP contribution in [0.3, 0.4) is 0 Å². The average molecular weight is 266 g/mol. The predicted octanol–water partition coefficient (Wildman–Crippen LogP) is 2.22. The van der Waals surface area contributed by atoms with E-state index in [0.717, 1.165) is 18.4 Å². The highest BCUT2D eigenvalue weighted by molar-refractivity contribution is 4.90. The van der Waals surface area contributed by atoms with E-state index >= 15 is 0 Å². The second-order valence-electron chi connectivity index (χ2n) is 6.86. The number of likely N-dealkylation sites (tertiary alicyclic amines) is 2. The van der Waals surface area contributed by atoms with Gasteiger partial charge in [-0.3, -0.25) is 4.90 Å². The summed E-state index contributed by atoms with van der Waals surface area (Å²) in [5.41, 5.74) is 0. The minimum atomic E-state index is 0.560. The molecule has 0 aromatic rings. The van der Waals surface area contributed by atoms with Crippen molar-refractivity contribution in [3.63, 3.8) is 0 Å². The number of rotatable bonds is 4. The van der Waals surface area contributed by atoms with Crippen molar-refractivity contribution in [2.24, 2.45) is 11.8 Å². The molecule has 0 amide bonds. The van der Waals surface area contributed by atoms with Gasteiger partial charge in [-0.05, 0) is 77.2 Å². The maximum atomic E-state index is 5.52. The van der Waals surface area contributed by atoms with E-state index in [4.69, 9.17) is 4.74 Å². The van der Waals surface area contributed by atoms with Crippen molar-refractivity contribution in [3.05, 3.63) is 0 Å². The Hall–Kier alpha value is -0.120. The number of epoxide rings is 1. The number of ether oxygens (including phenoxy) is 1. The Morgan fingerprint density at radius 2 is 1.53 bits per heavy atom. The molecule has 0 aromatic heterocycles. The van der Waals surface area contributed by atoms with Gasteiger partial charge in [-0.25, -0.2) is 0 Å². The van der Waals surface area contributed by atoms with Crippen LogP contribution in [0.15, 0.2) is 0 Å². The van der Waals surface area contributed by atoms with Crippen LogP contribution in [-0.2, 0) is 4.74 Å². The second kappa shape index (κ2) is 6.11. The van der Waals surface area contributed by atoms with Crippen LogP contribution in [0.5, 0.6) is 0 Å². The van der Waals surface area contributed by atoms with Gasteiger partial charge in [0.2, 0.25) is 0 Å². The summed E-state index contributed by atoms with van der Waals surface area (Å²) >= 11 is 0. The van der Waals surface area contributed by atoms with Gasteiger partial charge < -0.3 is 9.64 Å². The lowest BCUT2D eigenvalue weighted by Gasteiger charge is -2.41. The van der Waals surface area contributed by atoms with Gasteiger partial charge in [0, 0.05) is 6.04 Å². The monoisotopic (exact) mass is 266 g/mol. The van der Waals surface area contributed by atoms with Crippen molar-refractivity contribution in [3.8, 4) is 0 Å². The van der Waals surface area contributed by atoms with Gasteiger partial charge >= 0.3 is 0 Å². The summed E-state index contributed by atoms with van der Waals surface area (Å²) in [6.45, 7) is 8.59. The van der Waals surface area contributed by atoms with Crippen molar-refractivity contribution < 1.29 is 4.74 Å². The Morgan fingerprint density at radius 3 is 2.00 bits per heavy atom. The van der Waals surface area contributed by atoms with E-state index in [1.165, 1.54) is 58.3 Å². The molecule has 2 atom stereocenters. The lowest BCUT2D eigenvalue weighted by Crippen LogP contribution is -2.46. The lowest BCUT2D eigenvalue weighted by molar-refractivity contribution is 0.0706. The third-order valence-electron chi connectivity index (χ3n) is 5.68. The first-order valence-electron chi connectivity index (χ1n) is 8.32. The summed E-state index contributed by atoms with van der Waals surface area (Å²) < 4.78 is 5.52. The first-order valence-corrected chi connectivity index (χ1v) is 8.32. The molecule has 3 rings (SSSR count). The van der Waals surface area contributed by atoms with Gasteiger partial charge in [-0.2, -0.15) is 0 Å². The first-order chi connectivity index (χ1) is 9.28. The summed E-state index contributed by atoms with van der Waals surface area (Å²) in [7, 11) is 2.26. The lowest BCUT2D eigenvalue weighted by atomic mass is 9.78. The van der Waals surface area contributed by atoms with E-state index in [2.05, 4.69) is 23.8 Å². The van der Waals surface area contributed by atoms with Crippen molar-refractivity contribution in [1.82, 2.24) is 9.80 Å². The van der Waals surface area contributed by atoms with Gasteiger partial charge in [-0.1, -0.05) is 6.92 Å². The number of piperidine rings is 2. The molecule has 2 unspecified atom stereocenters. The molecule has 0 saturated carbocycles. The summed E-state index contributed by atoms with van der Waals surface area (Å²) in [5.74, 6) is 2.01. The van der Waals surface area contributed by atoms with Gasteiger partial charge in [0.05, 0.1) is 12.7 Å². The summed E-state index contributed by atoms with van der Waals surface area (Å²) in [6, 6.07) is 0.707. The number of hydrogen-bond donors (Lipinski definition) is 0. The molecule has 3 heterocycles. The molecule has 19 heavy (non-hydrogen) atoms. The van der Waals surface area contributed by atoms with Gasteiger partial charge in [0.25, 0.3) is 0 Å². The molecule has 3 nitrogen and oxygen atoms in total. The standard InChI is InChI=1S/C16H30N2O/c1-3-15(16-12-19-16)18-10-6-14(7-11-18)13-4-8-17(2)9-5-13/h13-16H,3-12H2,1-2H3. The number of hydrogen-bond acceptors (Lipinski definition) is 3. The summed E-state index contributed by atoms with van der Waals surface area (Å²) in [4.78, 5) is 5.20. The molecule has 3 heteroatoms. The third kappa shape index (κ3) is 3.32. The molecule has 0 N–H and O–H groups in total. The fourth-order valence-corrected chi connectivity index (χ4v) is 4.26. The molecule has 3 aliphatic heterocycles. The largest absolute Gasteiger partial charge is 0.371 e. The molecule has 0 aromatic carbocycles. The third-order valence-corrected chi connectivity index (χ3v) is 5.68. The molecule has 0 bridgehead atoms. The summed E-state index contributed by atoms with van der Waals surface area (Å²) in [5, 5.41) is 0. The van der Waals surface area contributed by atoms with Crippen molar-refractivity contribution in [2.45, 2.75) is 51.2 Å². The topological polar surface area (TPSA) is 19.0 Å². The molecule has 3 saturated heterocycles. The quantitative estimate of drug-likeness (QED) is 0.727. The zero-order chi connectivity index (χ0) is 13.2. The predicted molar refractivity (Wildman–Crippen MR) is 78.3 cm³/mol. The van der Waals surface area contributed by atoms with Gasteiger partial charge in [-0.15, -0.1) is 0 Å². The van der Waals surface area contributed by atoms with Crippen molar-refractivity contribution in [1.29, 1.82) is 0 Å². The van der Waals surface area contributed by atoms with Crippen molar-refractivity contribution in [2.75, 3.05) is 39.8 Å². The molecule has 3 fully saturated rings. The highest BCUT2D eigenvalue weighted by Gasteiger charge is 2.38. The Labute approximate surface area is 118 Å². The SMILES string of the molecule is CCC(C1CO1)N1CCC(C2CCN(C)CC2)CC1. The van der Waals surface area contributed by atoms with Crippen LogP contribution < -0.4 is 0 Å². The van der Waals surface area contributed by atoms with E-state index < -0.39 is 0 Å². The minimum Gasteiger partial charge on any atom is -0.371 e. The molecule has 110 valence electrons. The maximum Gasteiger partial charge on any atom is 0.0964 e. The first kappa shape index (κ1) is 13.8. The molecular formula is C16H30N2O. The fraction of sp³-hybridized carbons (Fsp3) is 1.00. The molecule has 0 radical (unpaired) electrons. The molecular weight excluding hydrogens is 236 g/mol. The van der Waals surface area contributed by atoms with Crippen LogP contribution in [-0.4, -0.2) is 61.8 Å². The Morgan fingerprint density at radius 1 is 1.00 bits per heavy atom. The Bertz CT molecular complexity index is 276. The zero-order valence-electron chi connectivity index (χ0n) is 12.7. The van der Waals surface area contributed by atoms with Gasteiger partial charge in [0.1, 0.15) is 0 Å². The molecule has 3 aliphatic rings. The van der Waals surface area contributed by atoms with E-state index in [1.54, 1.807) is 0 Å². The van der Waals surface area contributed by atoms with E-state index in [0.29, 0.717) is 12.1 Å². The van der Waals surface area contributed by atoms with E-state index in [1.807, 2.05) is 0 Å². The van der Waals surface area contributed by atoms with Crippen LogP contribution in [0.1, 0.15) is 39.0 Å². The van der Waals surface area contributed by atoms with Crippen LogP contribution in [0.4, 0.5) is 0 Å². The van der Waals surface area contributed by atoms with Crippen LogP contribution in [0.2, 0.25) is 0 Å². The average Bonchev–Trinajstić information content (AvgIpc) is 3.26. The fourth-order valence-electron chi connectivity index (χ4n) is 4.26. The molecule has 0 aliphatic carbocycles. The molecule has 0 spiro atoms. The second-order valence-corrected chi connectivity index (χ2v) is 6.86. The zero-order valence-corrected chi connectivity index (χ0v) is 12.7. The van der Waals surface area contributed by atoms with Crippen molar-refractivity contribution >= 4 is 0 Å². The van der Waals surface area contributed by atoms with Crippen LogP contribution >= 0.6 is 0 Å². The smallest absolute Gasteiger partial charge is 0.0964 e. The van der Waals surface area contributed by atoms with E-state index in [-0.39, 0.29) is 0 Å². The number of nitrogens with zero attached hydrogens (tertiary/aromatic N) is 2.